The Morgan fingerprint density at radius 1 is 1.56 bits per heavy atom. The van der Waals surface area contributed by atoms with Crippen molar-refractivity contribution in [1.29, 1.82) is 0 Å². The molecule has 1 aromatic heterocycles. The predicted octanol–water partition coefficient (Wildman–Crippen LogP) is 0.615. The molecule has 1 saturated heterocycles. The molecule has 2 heterocycles. The van der Waals surface area contributed by atoms with Gasteiger partial charge in [0.1, 0.15) is 5.76 Å². The van der Waals surface area contributed by atoms with Crippen molar-refractivity contribution in [1.82, 2.24) is 10.5 Å². The van der Waals surface area contributed by atoms with E-state index in [1.165, 1.54) is 4.90 Å². The summed E-state index contributed by atoms with van der Waals surface area (Å²) in [5, 5.41) is 6.75. The van der Waals surface area contributed by atoms with Gasteiger partial charge in [-0.1, -0.05) is 5.16 Å². The van der Waals surface area contributed by atoms with Gasteiger partial charge in [0.2, 0.25) is 11.8 Å². The van der Waals surface area contributed by atoms with Crippen molar-refractivity contribution in [2.24, 2.45) is 5.92 Å². The zero-order valence-corrected chi connectivity index (χ0v) is 10.2. The smallest absolute Gasteiger partial charge is 0.229 e. The van der Waals surface area contributed by atoms with E-state index in [0.29, 0.717) is 24.2 Å². The van der Waals surface area contributed by atoms with Crippen LogP contribution < -0.4 is 10.2 Å². The zero-order chi connectivity index (χ0) is 12.7. The Kier molecular flexibility index (Phi) is 2.57. The lowest BCUT2D eigenvalue weighted by atomic mass is 10.1. The maximum atomic E-state index is 11.9. The molecule has 6 heteroatoms. The van der Waals surface area contributed by atoms with E-state index in [0.717, 1.165) is 12.8 Å². The van der Waals surface area contributed by atoms with E-state index in [-0.39, 0.29) is 24.2 Å². The number of aromatic nitrogens is 1. The van der Waals surface area contributed by atoms with Gasteiger partial charge in [0.05, 0.1) is 5.92 Å². The van der Waals surface area contributed by atoms with Gasteiger partial charge >= 0.3 is 0 Å². The molecular weight excluding hydrogens is 234 g/mol. The molecule has 1 aliphatic carbocycles. The predicted molar refractivity (Wildman–Crippen MR) is 62.9 cm³/mol. The quantitative estimate of drug-likeness (QED) is 0.851. The number of rotatable bonds is 3. The summed E-state index contributed by atoms with van der Waals surface area (Å²) < 4.78 is 4.95. The van der Waals surface area contributed by atoms with Crippen LogP contribution in [0.15, 0.2) is 10.6 Å². The third-order valence-electron chi connectivity index (χ3n) is 3.31. The highest BCUT2D eigenvalue weighted by Gasteiger charge is 2.38. The number of carbonyl (C=O) groups excluding carboxylic acids is 2. The van der Waals surface area contributed by atoms with Crippen molar-refractivity contribution < 1.29 is 14.1 Å². The molecule has 2 aliphatic rings. The van der Waals surface area contributed by atoms with Gasteiger partial charge in [-0.25, -0.2) is 0 Å². The molecule has 2 fully saturated rings. The number of amides is 2. The molecule has 3 rings (SSSR count). The lowest BCUT2D eigenvalue weighted by Crippen LogP contribution is -2.34. The second-order valence-corrected chi connectivity index (χ2v) is 4.98. The Morgan fingerprint density at radius 2 is 2.33 bits per heavy atom. The summed E-state index contributed by atoms with van der Waals surface area (Å²) >= 11 is 0. The molecule has 0 aromatic carbocycles. The molecule has 1 saturated carbocycles. The van der Waals surface area contributed by atoms with E-state index < -0.39 is 0 Å². The van der Waals surface area contributed by atoms with E-state index in [2.05, 4.69) is 10.5 Å². The average molecular weight is 249 g/mol. The van der Waals surface area contributed by atoms with Crippen LogP contribution >= 0.6 is 0 Å². The highest BCUT2D eigenvalue weighted by Crippen LogP contribution is 2.26. The summed E-state index contributed by atoms with van der Waals surface area (Å²) in [6, 6.07) is 2.04. The molecule has 6 nitrogen and oxygen atoms in total. The second kappa shape index (κ2) is 4.12. The van der Waals surface area contributed by atoms with Crippen LogP contribution in [0.1, 0.15) is 25.0 Å². The van der Waals surface area contributed by atoms with E-state index in [1.54, 1.807) is 13.0 Å². The number of anilines is 1. The molecule has 0 bridgehead atoms. The van der Waals surface area contributed by atoms with Gasteiger partial charge < -0.3 is 9.84 Å². The van der Waals surface area contributed by atoms with E-state index in [1.807, 2.05) is 0 Å². The first-order valence-electron chi connectivity index (χ1n) is 6.17. The molecule has 18 heavy (non-hydrogen) atoms. The monoisotopic (exact) mass is 249 g/mol. The largest absolute Gasteiger partial charge is 0.360 e. The van der Waals surface area contributed by atoms with Crippen LogP contribution in [0, 0.1) is 12.8 Å². The van der Waals surface area contributed by atoms with Crippen molar-refractivity contribution in [3.05, 3.63) is 11.8 Å². The summed E-state index contributed by atoms with van der Waals surface area (Å²) in [6.45, 7) is 2.16. The maximum absolute atomic E-state index is 11.9. The number of hydrogen-bond acceptors (Lipinski definition) is 4. The van der Waals surface area contributed by atoms with Crippen LogP contribution in [0.5, 0.6) is 0 Å². The molecule has 2 amide bonds. The molecule has 1 aromatic rings. The van der Waals surface area contributed by atoms with Crippen LogP contribution in [-0.2, 0) is 9.59 Å². The average Bonchev–Trinajstić information content (AvgIpc) is 2.89. The zero-order valence-electron chi connectivity index (χ0n) is 10.2. The van der Waals surface area contributed by atoms with Crippen molar-refractivity contribution >= 4 is 17.6 Å². The summed E-state index contributed by atoms with van der Waals surface area (Å²) in [6.07, 6.45) is 2.36. The first-order valence-corrected chi connectivity index (χ1v) is 6.17. The fourth-order valence-corrected chi connectivity index (χ4v) is 2.13. The standard InChI is InChI=1S/C12H15N3O3/c1-7-4-10(14-18-7)15-6-8(5-11(15)16)12(17)13-9-2-3-9/h4,8-9H,2-3,5-6H2,1H3,(H,13,17). The van der Waals surface area contributed by atoms with Crippen LogP contribution in [-0.4, -0.2) is 29.6 Å². The minimum Gasteiger partial charge on any atom is -0.360 e. The fraction of sp³-hybridized carbons (Fsp3) is 0.583. The number of aryl methyl sites for hydroxylation is 1. The summed E-state index contributed by atoms with van der Waals surface area (Å²) in [5.41, 5.74) is 0. The van der Waals surface area contributed by atoms with Crippen LogP contribution in [0.25, 0.3) is 0 Å². The first-order chi connectivity index (χ1) is 8.63. The van der Waals surface area contributed by atoms with Gasteiger partial charge in [-0.2, -0.15) is 0 Å². The minimum absolute atomic E-state index is 0.0198. The molecule has 96 valence electrons. The summed E-state index contributed by atoms with van der Waals surface area (Å²) in [7, 11) is 0. The molecule has 1 N–H and O–H groups in total. The molecular formula is C12H15N3O3. The number of hydrogen-bond donors (Lipinski definition) is 1. The number of nitrogens with zero attached hydrogens (tertiary/aromatic N) is 2. The maximum Gasteiger partial charge on any atom is 0.229 e. The minimum atomic E-state index is -0.268. The lowest BCUT2D eigenvalue weighted by Gasteiger charge is -2.12. The van der Waals surface area contributed by atoms with Crippen molar-refractivity contribution in [2.75, 3.05) is 11.4 Å². The molecule has 0 radical (unpaired) electrons. The number of nitrogens with one attached hydrogen (secondary N) is 1. The Labute approximate surface area is 104 Å². The highest BCUT2D eigenvalue weighted by atomic mass is 16.5. The third kappa shape index (κ3) is 2.10. The fourth-order valence-electron chi connectivity index (χ4n) is 2.13. The van der Waals surface area contributed by atoms with Gasteiger partial charge in [0.15, 0.2) is 5.82 Å². The summed E-state index contributed by atoms with van der Waals surface area (Å²) in [4.78, 5) is 25.3. The second-order valence-electron chi connectivity index (χ2n) is 4.98. The van der Waals surface area contributed by atoms with Crippen molar-refractivity contribution in [2.45, 2.75) is 32.2 Å². The van der Waals surface area contributed by atoms with E-state index in [4.69, 9.17) is 4.52 Å². The van der Waals surface area contributed by atoms with Crippen LogP contribution in [0.2, 0.25) is 0 Å². The van der Waals surface area contributed by atoms with Gasteiger partial charge in [0.25, 0.3) is 0 Å². The SMILES string of the molecule is Cc1cc(N2CC(C(=O)NC3CC3)CC2=O)no1. The molecule has 1 unspecified atom stereocenters. The van der Waals surface area contributed by atoms with Gasteiger partial charge in [-0.15, -0.1) is 0 Å². The third-order valence-corrected chi connectivity index (χ3v) is 3.31. The van der Waals surface area contributed by atoms with Crippen LogP contribution in [0.3, 0.4) is 0 Å². The van der Waals surface area contributed by atoms with E-state index in [9.17, 15) is 9.59 Å². The Bertz CT molecular complexity index is 493. The highest BCUT2D eigenvalue weighted by molar-refractivity contribution is 5.99. The Hall–Kier alpha value is -1.85. The Morgan fingerprint density at radius 3 is 2.94 bits per heavy atom. The normalized spacial score (nSPS) is 23.5. The number of carbonyl (C=O) groups is 2. The van der Waals surface area contributed by atoms with Gasteiger partial charge in [-0.05, 0) is 19.8 Å². The topological polar surface area (TPSA) is 75.4 Å². The molecule has 0 spiro atoms. The van der Waals surface area contributed by atoms with E-state index >= 15 is 0 Å². The van der Waals surface area contributed by atoms with Crippen LogP contribution in [0.4, 0.5) is 5.82 Å². The molecule has 1 atom stereocenters. The van der Waals surface area contributed by atoms with Crippen molar-refractivity contribution in [3.8, 4) is 0 Å². The van der Waals surface area contributed by atoms with Gasteiger partial charge in [-0.3, -0.25) is 14.5 Å². The Balaban J connectivity index is 1.67. The van der Waals surface area contributed by atoms with Gasteiger partial charge in [0, 0.05) is 25.1 Å². The molecule has 1 aliphatic heterocycles. The first kappa shape index (κ1) is 11.3. The lowest BCUT2D eigenvalue weighted by molar-refractivity contribution is -0.126. The summed E-state index contributed by atoms with van der Waals surface area (Å²) in [5.74, 6) is 0.797. The van der Waals surface area contributed by atoms with Crippen molar-refractivity contribution in [3.63, 3.8) is 0 Å².